The van der Waals surface area contributed by atoms with E-state index in [2.05, 4.69) is 23.5 Å². The van der Waals surface area contributed by atoms with Gasteiger partial charge in [0, 0.05) is 12.1 Å². The van der Waals surface area contributed by atoms with Gasteiger partial charge in [0.25, 0.3) is 0 Å². The van der Waals surface area contributed by atoms with Crippen molar-refractivity contribution in [3.63, 3.8) is 0 Å². The zero-order valence-electron chi connectivity index (χ0n) is 12.3. The molecule has 1 unspecified atom stereocenters. The third-order valence-electron chi connectivity index (χ3n) is 4.24. The fourth-order valence-electron chi connectivity index (χ4n) is 2.93. The summed E-state index contributed by atoms with van der Waals surface area (Å²) in [5.74, 6) is -0.804. The van der Waals surface area contributed by atoms with Crippen LogP contribution in [-0.2, 0) is 12.8 Å². The minimum absolute atomic E-state index is 0.0625. The maximum Gasteiger partial charge on any atom is 0.146 e. The fourth-order valence-corrected chi connectivity index (χ4v) is 2.93. The molecule has 0 radical (unpaired) electrons. The molecule has 0 aromatic heterocycles. The van der Waals surface area contributed by atoms with Crippen LogP contribution in [0.2, 0.25) is 0 Å². The second-order valence-electron chi connectivity index (χ2n) is 5.83. The van der Waals surface area contributed by atoms with Gasteiger partial charge in [-0.2, -0.15) is 0 Å². The molecule has 110 valence electrons. The zero-order valence-corrected chi connectivity index (χ0v) is 12.3. The minimum Gasteiger partial charge on any atom is -0.376 e. The quantitative estimate of drug-likeness (QED) is 0.843. The van der Waals surface area contributed by atoms with E-state index in [9.17, 15) is 8.78 Å². The predicted molar refractivity (Wildman–Crippen MR) is 81.6 cm³/mol. The fraction of sp³-hybridized carbons (Fsp3) is 0.333. The Hall–Kier alpha value is -1.90. The first-order valence-electron chi connectivity index (χ1n) is 7.38. The van der Waals surface area contributed by atoms with Crippen molar-refractivity contribution in [2.24, 2.45) is 0 Å². The summed E-state index contributed by atoms with van der Waals surface area (Å²) < 4.78 is 27.5. The largest absolute Gasteiger partial charge is 0.376 e. The van der Waals surface area contributed by atoms with Gasteiger partial charge in [0.1, 0.15) is 11.6 Å². The molecule has 21 heavy (non-hydrogen) atoms. The minimum atomic E-state index is -0.415. The summed E-state index contributed by atoms with van der Waals surface area (Å²) >= 11 is 0. The normalized spacial score (nSPS) is 14.9. The van der Waals surface area contributed by atoms with Gasteiger partial charge in [0.05, 0.1) is 5.69 Å². The van der Waals surface area contributed by atoms with Crippen LogP contribution in [0.4, 0.5) is 14.5 Å². The molecular formula is C18H19F2N. The van der Waals surface area contributed by atoms with E-state index in [1.54, 1.807) is 6.92 Å². The van der Waals surface area contributed by atoms with E-state index in [0.29, 0.717) is 5.56 Å². The predicted octanol–water partition coefficient (Wildman–Crippen LogP) is 4.94. The highest BCUT2D eigenvalue weighted by molar-refractivity contribution is 5.49. The van der Waals surface area contributed by atoms with E-state index < -0.39 is 5.82 Å². The summed E-state index contributed by atoms with van der Waals surface area (Å²) in [6, 6.07) is 8.81. The van der Waals surface area contributed by atoms with Crippen LogP contribution in [-0.4, -0.2) is 0 Å². The van der Waals surface area contributed by atoms with E-state index in [0.717, 1.165) is 18.4 Å². The number of hydrogen-bond donors (Lipinski definition) is 1. The van der Waals surface area contributed by atoms with Gasteiger partial charge in [0.2, 0.25) is 0 Å². The zero-order chi connectivity index (χ0) is 15.0. The number of halogens is 2. The highest BCUT2D eigenvalue weighted by Gasteiger charge is 2.15. The Morgan fingerprint density at radius 3 is 2.57 bits per heavy atom. The summed E-state index contributed by atoms with van der Waals surface area (Å²) in [6.07, 6.45) is 3.47. The molecule has 2 aromatic rings. The lowest BCUT2D eigenvalue weighted by Gasteiger charge is -2.18. The molecule has 0 bridgehead atoms. The Labute approximate surface area is 124 Å². The summed E-state index contributed by atoms with van der Waals surface area (Å²) in [6.45, 7) is 3.53. The van der Waals surface area contributed by atoms with Gasteiger partial charge in [-0.3, -0.25) is 0 Å². The number of aryl methyl sites for hydroxylation is 3. The molecule has 1 aliphatic rings. The average molecular weight is 287 g/mol. The highest BCUT2D eigenvalue weighted by Crippen LogP contribution is 2.28. The number of rotatable bonds is 3. The molecule has 3 heteroatoms. The highest BCUT2D eigenvalue weighted by atomic mass is 19.1. The monoisotopic (exact) mass is 287 g/mol. The molecule has 2 aromatic carbocycles. The molecule has 0 aliphatic heterocycles. The van der Waals surface area contributed by atoms with Crippen molar-refractivity contribution in [2.75, 3.05) is 5.32 Å². The van der Waals surface area contributed by atoms with Gasteiger partial charge in [-0.05, 0) is 61.4 Å². The standard InChI is InChI=1S/C18H19F2N/c1-11-8-17(20)18(10-16(11)19)21-12(2)14-7-6-13-4-3-5-15(13)9-14/h6-10,12,21H,3-5H2,1-2H3. The first kappa shape index (κ1) is 14.1. The van der Waals surface area contributed by atoms with Crippen molar-refractivity contribution in [3.8, 4) is 0 Å². The maximum atomic E-state index is 13.9. The van der Waals surface area contributed by atoms with Crippen LogP contribution in [0.1, 0.15) is 41.6 Å². The van der Waals surface area contributed by atoms with Gasteiger partial charge in [-0.25, -0.2) is 8.78 Å². The number of nitrogens with one attached hydrogen (secondary N) is 1. The van der Waals surface area contributed by atoms with Crippen LogP contribution in [0, 0.1) is 18.6 Å². The number of fused-ring (bicyclic) bond motifs is 1. The van der Waals surface area contributed by atoms with E-state index in [1.807, 2.05) is 6.92 Å². The molecule has 0 saturated heterocycles. The van der Waals surface area contributed by atoms with Crippen LogP contribution < -0.4 is 5.32 Å². The van der Waals surface area contributed by atoms with Crippen LogP contribution in [0.5, 0.6) is 0 Å². The molecule has 0 saturated carbocycles. The molecule has 0 amide bonds. The Bertz CT molecular complexity index is 679. The van der Waals surface area contributed by atoms with Gasteiger partial charge in [-0.1, -0.05) is 18.2 Å². The van der Waals surface area contributed by atoms with E-state index in [1.165, 1.54) is 29.7 Å². The maximum absolute atomic E-state index is 13.9. The summed E-state index contributed by atoms with van der Waals surface area (Å²) in [4.78, 5) is 0. The Morgan fingerprint density at radius 1 is 1.00 bits per heavy atom. The Kier molecular flexibility index (Phi) is 3.66. The van der Waals surface area contributed by atoms with E-state index in [4.69, 9.17) is 0 Å². The number of benzene rings is 2. The van der Waals surface area contributed by atoms with Gasteiger partial charge in [-0.15, -0.1) is 0 Å². The molecule has 0 heterocycles. The van der Waals surface area contributed by atoms with Gasteiger partial charge in [0.15, 0.2) is 0 Å². The van der Waals surface area contributed by atoms with E-state index >= 15 is 0 Å². The van der Waals surface area contributed by atoms with Crippen molar-refractivity contribution in [1.29, 1.82) is 0 Å². The van der Waals surface area contributed by atoms with Crippen LogP contribution >= 0.6 is 0 Å². The van der Waals surface area contributed by atoms with Crippen LogP contribution in [0.15, 0.2) is 30.3 Å². The lowest BCUT2D eigenvalue weighted by atomic mass is 10.0. The lowest BCUT2D eigenvalue weighted by molar-refractivity contribution is 0.593. The second kappa shape index (κ2) is 5.47. The molecule has 0 fully saturated rings. The van der Waals surface area contributed by atoms with Crippen molar-refractivity contribution >= 4 is 5.69 Å². The molecule has 1 atom stereocenters. The molecule has 1 nitrogen and oxygen atoms in total. The second-order valence-corrected chi connectivity index (χ2v) is 5.83. The van der Waals surface area contributed by atoms with Crippen molar-refractivity contribution in [2.45, 2.75) is 39.2 Å². The first-order valence-corrected chi connectivity index (χ1v) is 7.38. The van der Waals surface area contributed by atoms with Crippen LogP contribution in [0.3, 0.4) is 0 Å². The third kappa shape index (κ3) is 2.78. The number of hydrogen-bond acceptors (Lipinski definition) is 1. The molecule has 1 N–H and O–H groups in total. The topological polar surface area (TPSA) is 12.0 Å². The summed E-state index contributed by atoms with van der Waals surface area (Å²) in [5.41, 5.74) is 4.44. The average Bonchev–Trinajstić information content (AvgIpc) is 2.92. The summed E-state index contributed by atoms with van der Waals surface area (Å²) in [5, 5.41) is 3.07. The molecule has 0 spiro atoms. The van der Waals surface area contributed by atoms with Crippen molar-refractivity contribution in [1.82, 2.24) is 0 Å². The molecular weight excluding hydrogens is 268 g/mol. The molecule has 3 rings (SSSR count). The van der Waals surface area contributed by atoms with Crippen molar-refractivity contribution < 1.29 is 8.78 Å². The van der Waals surface area contributed by atoms with E-state index in [-0.39, 0.29) is 17.5 Å². The lowest BCUT2D eigenvalue weighted by Crippen LogP contribution is -2.09. The van der Waals surface area contributed by atoms with Gasteiger partial charge >= 0.3 is 0 Å². The van der Waals surface area contributed by atoms with Crippen molar-refractivity contribution in [3.05, 3.63) is 64.2 Å². The Balaban J connectivity index is 1.83. The van der Waals surface area contributed by atoms with Gasteiger partial charge < -0.3 is 5.32 Å². The third-order valence-corrected chi connectivity index (χ3v) is 4.24. The van der Waals surface area contributed by atoms with Crippen LogP contribution in [0.25, 0.3) is 0 Å². The summed E-state index contributed by atoms with van der Waals surface area (Å²) in [7, 11) is 0. The Morgan fingerprint density at radius 2 is 1.76 bits per heavy atom. The molecule has 1 aliphatic carbocycles. The smallest absolute Gasteiger partial charge is 0.146 e. The number of anilines is 1. The first-order chi connectivity index (χ1) is 10.0. The SMILES string of the molecule is Cc1cc(F)c(NC(C)c2ccc3c(c2)CCC3)cc1F.